The molecule has 0 bridgehead atoms. The highest BCUT2D eigenvalue weighted by atomic mass is 16.5. The molecule has 0 aliphatic carbocycles. The third-order valence-electron chi connectivity index (χ3n) is 2.79. The molecule has 1 saturated heterocycles. The molecule has 0 spiro atoms. The van der Waals surface area contributed by atoms with E-state index in [-0.39, 0.29) is 0 Å². The summed E-state index contributed by atoms with van der Waals surface area (Å²) >= 11 is 0. The van der Waals surface area contributed by atoms with Crippen LogP contribution in [0, 0.1) is 0 Å². The average molecular weight is 236 g/mol. The molecule has 94 valence electrons. The Hall–Kier alpha value is -0.940. The number of hydrazine groups is 1. The Bertz CT molecular complexity index is 312. The second kappa shape index (κ2) is 6.71. The molecule has 1 heterocycles. The van der Waals surface area contributed by atoms with E-state index < -0.39 is 6.10 Å². The fraction of sp³-hybridized carbons (Fsp3) is 0.538. The van der Waals surface area contributed by atoms with Crippen molar-refractivity contribution in [2.45, 2.75) is 19.1 Å². The number of nitrogens with zero attached hydrogens (tertiary/aromatic N) is 1. The van der Waals surface area contributed by atoms with E-state index in [2.05, 4.69) is 10.4 Å². The Morgan fingerprint density at radius 1 is 1.35 bits per heavy atom. The van der Waals surface area contributed by atoms with Gasteiger partial charge >= 0.3 is 0 Å². The molecule has 1 aliphatic heterocycles. The monoisotopic (exact) mass is 236 g/mol. The van der Waals surface area contributed by atoms with Crippen LogP contribution >= 0.6 is 0 Å². The minimum Gasteiger partial charge on any atom is -0.389 e. The topological polar surface area (TPSA) is 44.7 Å². The highest BCUT2D eigenvalue weighted by molar-refractivity contribution is 5.13. The molecular weight excluding hydrogens is 216 g/mol. The summed E-state index contributed by atoms with van der Waals surface area (Å²) in [4.78, 5) is 0. The van der Waals surface area contributed by atoms with Crippen LogP contribution in [0.1, 0.15) is 12.0 Å². The van der Waals surface area contributed by atoms with Crippen molar-refractivity contribution in [3.8, 4) is 0 Å². The van der Waals surface area contributed by atoms with Crippen molar-refractivity contribution in [3.05, 3.63) is 35.9 Å². The van der Waals surface area contributed by atoms with E-state index in [4.69, 9.17) is 4.74 Å². The van der Waals surface area contributed by atoms with Gasteiger partial charge in [0.05, 0.1) is 19.3 Å². The smallest absolute Gasteiger partial charge is 0.0914 e. The first-order chi connectivity index (χ1) is 8.34. The molecule has 2 N–H and O–H groups in total. The van der Waals surface area contributed by atoms with E-state index in [1.165, 1.54) is 0 Å². The van der Waals surface area contributed by atoms with Gasteiger partial charge in [-0.05, 0) is 12.0 Å². The lowest BCUT2D eigenvalue weighted by Crippen LogP contribution is -2.39. The summed E-state index contributed by atoms with van der Waals surface area (Å²) in [6.07, 6.45) is 0.724. The van der Waals surface area contributed by atoms with Crippen molar-refractivity contribution in [3.63, 3.8) is 0 Å². The summed E-state index contributed by atoms with van der Waals surface area (Å²) in [6, 6.07) is 10.0. The molecule has 0 aromatic heterocycles. The molecule has 4 nitrogen and oxygen atoms in total. The molecule has 1 aromatic carbocycles. The number of aliphatic hydroxyl groups is 1. The molecule has 2 rings (SSSR count). The summed E-state index contributed by atoms with van der Waals surface area (Å²) in [5.74, 6) is 0. The van der Waals surface area contributed by atoms with Crippen LogP contribution < -0.4 is 5.43 Å². The van der Waals surface area contributed by atoms with Gasteiger partial charge in [0.15, 0.2) is 0 Å². The number of aliphatic hydroxyl groups excluding tert-OH is 1. The standard InChI is InChI=1S/C13H20N2O2/c16-13(9-15-8-4-7-14-15)11-17-10-12-5-2-1-3-6-12/h1-3,5-6,13-14,16H,4,7-11H2. The summed E-state index contributed by atoms with van der Waals surface area (Å²) in [5, 5.41) is 11.8. The van der Waals surface area contributed by atoms with E-state index in [1.54, 1.807) is 0 Å². The number of ether oxygens (including phenoxy) is 1. The number of hydrogen-bond donors (Lipinski definition) is 2. The molecule has 1 fully saturated rings. The SMILES string of the molecule is OC(COCc1ccccc1)CN1CCCN1. The fourth-order valence-electron chi connectivity index (χ4n) is 1.94. The molecule has 0 amide bonds. The predicted octanol–water partition coefficient (Wildman–Crippen LogP) is 0.774. The van der Waals surface area contributed by atoms with Crippen LogP contribution in [0.25, 0.3) is 0 Å². The van der Waals surface area contributed by atoms with Crippen molar-refractivity contribution in [2.24, 2.45) is 0 Å². The van der Waals surface area contributed by atoms with Gasteiger partial charge in [-0.3, -0.25) is 5.43 Å². The zero-order chi connectivity index (χ0) is 11.9. The molecule has 1 atom stereocenters. The van der Waals surface area contributed by atoms with Crippen molar-refractivity contribution in [1.29, 1.82) is 0 Å². The van der Waals surface area contributed by atoms with Crippen molar-refractivity contribution in [1.82, 2.24) is 10.4 Å². The second-order valence-electron chi connectivity index (χ2n) is 4.36. The Morgan fingerprint density at radius 3 is 2.88 bits per heavy atom. The molecule has 1 aromatic rings. The van der Waals surface area contributed by atoms with Gasteiger partial charge < -0.3 is 9.84 Å². The summed E-state index contributed by atoms with van der Waals surface area (Å²) < 4.78 is 5.49. The number of benzene rings is 1. The first-order valence-electron chi connectivity index (χ1n) is 6.13. The first-order valence-corrected chi connectivity index (χ1v) is 6.13. The number of β-amino-alcohol motifs (C(OH)–C–C–N with tert-alkyl or cyclic N) is 1. The average Bonchev–Trinajstić information content (AvgIpc) is 2.83. The van der Waals surface area contributed by atoms with Crippen LogP contribution in [-0.4, -0.2) is 42.5 Å². The van der Waals surface area contributed by atoms with E-state index in [0.29, 0.717) is 19.8 Å². The lowest BCUT2D eigenvalue weighted by molar-refractivity contribution is 0.00666. The predicted molar refractivity (Wildman–Crippen MR) is 66.3 cm³/mol. The largest absolute Gasteiger partial charge is 0.389 e. The molecule has 1 aliphatic rings. The number of nitrogens with one attached hydrogen (secondary N) is 1. The molecule has 1 unspecified atom stereocenters. The first kappa shape index (κ1) is 12.5. The third-order valence-corrected chi connectivity index (χ3v) is 2.79. The second-order valence-corrected chi connectivity index (χ2v) is 4.36. The molecule has 0 saturated carbocycles. The Balaban J connectivity index is 1.61. The molecule has 17 heavy (non-hydrogen) atoms. The van der Waals surface area contributed by atoms with E-state index in [9.17, 15) is 5.11 Å². The van der Waals surface area contributed by atoms with Gasteiger partial charge in [-0.25, -0.2) is 5.01 Å². The minimum absolute atomic E-state index is 0.382. The maximum absolute atomic E-state index is 9.78. The van der Waals surface area contributed by atoms with Gasteiger partial charge in [0.25, 0.3) is 0 Å². The van der Waals surface area contributed by atoms with Crippen molar-refractivity contribution < 1.29 is 9.84 Å². The summed E-state index contributed by atoms with van der Waals surface area (Å²) in [6.45, 7) is 3.60. The van der Waals surface area contributed by atoms with Gasteiger partial charge in [0, 0.05) is 19.6 Å². The van der Waals surface area contributed by atoms with Gasteiger partial charge in [0.2, 0.25) is 0 Å². The van der Waals surface area contributed by atoms with Crippen LogP contribution in [0.5, 0.6) is 0 Å². The number of hydrogen-bond acceptors (Lipinski definition) is 4. The normalized spacial score (nSPS) is 18.4. The van der Waals surface area contributed by atoms with Gasteiger partial charge in [-0.2, -0.15) is 0 Å². The maximum Gasteiger partial charge on any atom is 0.0914 e. The summed E-state index contributed by atoms with van der Waals surface area (Å²) in [5.41, 5.74) is 4.35. The molecular formula is C13H20N2O2. The van der Waals surface area contributed by atoms with Crippen LogP contribution in [0.4, 0.5) is 0 Å². The van der Waals surface area contributed by atoms with Crippen LogP contribution in [-0.2, 0) is 11.3 Å². The quantitative estimate of drug-likeness (QED) is 0.766. The molecule has 0 radical (unpaired) electrons. The fourth-order valence-corrected chi connectivity index (χ4v) is 1.94. The van der Waals surface area contributed by atoms with Crippen LogP contribution in [0.3, 0.4) is 0 Å². The highest BCUT2D eigenvalue weighted by Gasteiger charge is 2.15. The van der Waals surface area contributed by atoms with Gasteiger partial charge in [0.1, 0.15) is 0 Å². The van der Waals surface area contributed by atoms with E-state index >= 15 is 0 Å². The Morgan fingerprint density at radius 2 is 2.18 bits per heavy atom. The Labute approximate surface area is 102 Å². The van der Waals surface area contributed by atoms with Crippen LogP contribution in [0.2, 0.25) is 0 Å². The maximum atomic E-state index is 9.78. The van der Waals surface area contributed by atoms with Crippen molar-refractivity contribution >= 4 is 0 Å². The van der Waals surface area contributed by atoms with Gasteiger partial charge in [-0.15, -0.1) is 0 Å². The minimum atomic E-state index is -0.427. The van der Waals surface area contributed by atoms with Crippen molar-refractivity contribution in [2.75, 3.05) is 26.2 Å². The van der Waals surface area contributed by atoms with Gasteiger partial charge in [-0.1, -0.05) is 30.3 Å². The highest BCUT2D eigenvalue weighted by Crippen LogP contribution is 2.02. The Kier molecular flexibility index (Phi) is 4.94. The third kappa shape index (κ3) is 4.44. The lowest BCUT2D eigenvalue weighted by atomic mass is 10.2. The summed E-state index contributed by atoms with van der Waals surface area (Å²) in [7, 11) is 0. The number of rotatable bonds is 6. The van der Waals surface area contributed by atoms with E-state index in [1.807, 2.05) is 30.3 Å². The van der Waals surface area contributed by atoms with Crippen LogP contribution in [0.15, 0.2) is 30.3 Å². The zero-order valence-corrected chi connectivity index (χ0v) is 10.0. The zero-order valence-electron chi connectivity index (χ0n) is 10.0. The van der Waals surface area contributed by atoms with E-state index in [0.717, 1.165) is 25.1 Å². The lowest BCUT2D eigenvalue weighted by Gasteiger charge is -2.19. The molecule has 4 heteroatoms.